The van der Waals surface area contributed by atoms with Gasteiger partial charge in [-0.15, -0.1) is 0 Å². The number of para-hydroxylation sites is 1. The molecular weight excluding hydrogens is 208 g/mol. The summed E-state index contributed by atoms with van der Waals surface area (Å²) in [4.78, 5) is 4.25. The number of nitrogens with two attached hydrogens (primary N) is 1. The van der Waals surface area contributed by atoms with E-state index in [0.717, 1.165) is 11.3 Å². The Labute approximate surface area is 93.7 Å². The van der Waals surface area contributed by atoms with E-state index in [1.165, 1.54) is 0 Å². The van der Waals surface area contributed by atoms with Crippen molar-refractivity contribution in [1.29, 1.82) is 0 Å². The molecule has 2 nitrogen and oxygen atoms in total. The number of nitrogens with zero attached hydrogens (tertiary/aromatic N) is 1. The molecule has 3 heteroatoms. The van der Waals surface area contributed by atoms with Crippen molar-refractivity contribution in [3.8, 4) is 0 Å². The highest BCUT2D eigenvalue weighted by Crippen LogP contribution is 2.23. The molecule has 0 aliphatic rings. The van der Waals surface area contributed by atoms with Crippen LogP contribution in [-0.2, 0) is 6.42 Å². The third kappa shape index (κ3) is 2.28. The Balaban J connectivity index is 2.29. The Morgan fingerprint density at radius 2 is 2.00 bits per heavy atom. The molecule has 0 saturated heterocycles. The summed E-state index contributed by atoms with van der Waals surface area (Å²) in [5.41, 5.74) is 8.52. The van der Waals surface area contributed by atoms with E-state index in [-0.39, 0.29) is 0 Å². The number of benzene rings is 1. The summed E-state index contributed by atoms with van der Waals surface area (Å²) >= 11 is 5.93. The van der Waals surface area contributed by atoms with Crippen LogP contribution in [0.5, 0.6) is 0 Å². The average molecular weight is 219 g/mol. The lowest BCUT2D eigenvalue weighted by Gasteiger charge is -2.06. The Morgan fingerprint density at radius 1 is 1.13 bits per heavy atom. The largest absolute Gasteiger partial charge is 0.397 e. The van der Waals surface area contributed by atoms with Crippen molar-refractivity contribution in [2.45, 2.75) is 6.42 Å². The van der Waals surface area contributed by atoms with Crippen molar-refractivity contribution in [1.82, 2.24) is 4.98 Å². The summed E-state index contributed by atoms with van der Waals surface area (Å²) in [5, 5.41) is 0.600. The van der Waals surface area contributed by atoms with E-state index in [2.05, 4.69) is 4.98 Å². The molecule has 15 heavy (non-hydrogen) atoms. The smallest absolute Gasteiger partial charge is 0.0638 e. The third-order valence-electron chi connectivity index (χ3n) is 2.24. The molecule has 2 N–H and O–H groups in total. The van der Waals surface area contributed by atoms with Crippen molar-refractivity contribution < 1.29 is 0 Å². The van der Waals surface area contributed by atoms with E-state index in [1.54, 1.807) is 12.3 Å². The summed E-state index contributed by atoms with van der Waals surface area (Å²) in [6, 6.07) is 11.5. The zero-order chi connectivity index (χ0) is 10.7. The van der Waals surface area contributed by atoms with E-state index in [1.807, 2.05) is 30.3 Å². The standard InChI is InChI=1S/C12H11ClN2/c13-11-6-3-4-9(12(11)14)8-10-5-1-2-7-15-10/h1-7H,8,14H2. The van der Waals surface area contributed by atoms with Gasteiger partial charge in [-0.25, -0.2) is 0 Å². The average Bonchev–Trinajstić information content (AvgIpc) is 2.26. The van der Waals surface area contributed by atoms with Gasteiger partial charge in [0.15, 0.2) is 0 Å². The summed E-state index contributed by atoms with van der Waals surface area (Å²) in [7, 11) is 0. The van der Waals surface area contributed by atoms with E-state index in [9.17, 15) is 0 Å². The number of pyridine rings is 1. The fraction of sp³-hybridized carbons (Fsp3) is 0.0833. The van der Waals surface area contributed by atoms with Crippen LogP contribution in [0.15, 0.2) is 42.6 Å². The van der Waals surface area contributed by atoms with Gasteiger partial charge in [-0.3, -0.25) is 4.98 Å². The Kier molecular flexibility index (Phi) is 2.88. The molecule has 0 aliphatic carbocycles. The van der Waals surface area contributed by atoms with Crippen LogP contribution in [0.2, 0.25) is 5.02 Å². The molecule has 76 valence electrons. The predicted molar refractivity (Wildman–Crippen MR) is 62.9 cm³/mol. The first-order valence-corrected chi connectivity index (χ1v) is 5.08. The van der Waals surface area contributed by atoms with Crippen molar-refractivity contribution in [3.63, 3.8) is 0 Å². The van der Waals surface area contributed by atoms with Crippen molar-refractivity contribution in [3.05, 3.63) is 58.9 Å². The zero-order valence-corrected chi connectivity index (χ0v) is 8.91. The molecule has 0 bridgehead atoms. The van der Waals surface area contributed by atoms with Crippen LogP contribution in [0.1, 0.15) is 11.3 Å². The number of hydrogen-bond donors (Lipinski definition) is 1. The molecule has 2 rings (SSSR count). The number of aromatic nitrogens is 1. The Bertz CT molecular complexity index is 454. The van der Waals surface area contributed by atoms with Crippen LogP contribution in [0.25, 0.3) is 0 Å². The predicted octanol–water partition coefficient (Wildman–Crippen LogP) is 2.91. The molecule has 0 amide bonds. The molecule has 0 unspecified atom stereocenters. The van der Waals surface area contributed by atoms with Gasteiger partial charge in [-0.2, -0.15) is 0 Å². The normalized spacial score (nSPS) is 10.2. The molecule has 0 aliphatic heterocycles. The van der Waals surface area contributed by atoms with Gasteiger partial charge < -0.3 is 5.73 Å². The Hall–Kier alpha value is -1.54. The van der Waals surface area contributed by atoms with Crippen LogP contribution in [0.3, 0.4) is 0 Å². The van der Waals surface area contributed by atoms with E-state index < -0.39 is 0 Å². The second-order valence-corrected chi connectivity index (χ2v) is 3.72. The number of halogens is 1. The van der Waals surface area contributed by atoms with Gasteiger partial charge in [0.2, 0.25) is 0 Å². The number of nitrogen functional groups attached to an aromatic ring is 1. The van der Waals surface area contributed by atoms with Gasteiger partial charge in [0.1, 0.15) is 0 Å². The van der Waals surface area contributed by atoms with Gasteiger partial charge in [0, 0.05) is 18.3 Å². The molecule has 0 radical (unpaired) electrons. The molecule has 2 aromatic rings. The quantitative estimate of drug-likeness (QED) is 0.788. The maximum Gasteiger partial charge on any atom is 0.0638 e. The second kappa shape index (κ2) is 4.32. The van der Waals surface area contributed by atoms with Crippen LogP contribution in [0.4, 0.5) is 5.69 Å². The monoisotopic (exact) mass is 218 g/mol. The maximum atomic E-state index is 5.93. The van der Waals surface area contributed by atoms with Crippen LogP contribution >= 0.6 is 11.6 Å². The first-order valence-electron chi connectivity index (χ1n) is 4.70. The minimum atomic E-state index is 0.600. The van der Waals surface area contributed by atoms with Gasteiger partial charge >= 0.3 is 0 Å². The van der Waals surface area contributed by atoms with E-state index >= 15 is 0 Å². The minimum absolute atomic E-state index is 0.600. The lowest BCUT2D eigenvalue weighted by atomic mass is 10.1. The molecule has 0 spiro atoms. The molecule has 1 heterocycles. The lowest BCUT2D eigenvalue weighted by molar-refractivity contribution is 1.08. The summed E-state index contributed by atoms with van der Waals surface area (Å²) < 4.78 is 0. The Morgan fingerprint density at radius 3 is 2.73 bits per heavy atom. The second-order valence-electron chi connectivity index (χ2n) is 3.31. The number of rotatable bonds is 2. The fourth-order valence-corrected chi connectivity index (χ4v) is 1.63. The third-order valence-corrected chi connectivity index (χ3v) is 2.57. The van der Waals surface area contributed by atoms with Gasteiger partial charge in [0.05, 0.1) is 10.7 Å². The van der Waals surface area contributed by atoms with Crippen molar-refractivity contribution in [2.75, 3.05) is 5.73 Å². The topological polar surface area (TPSA) is 38.9 Å². The van der Waals surface area contributed by atoms with Gasteiger partial charge in [0.25, 0.3) is 0 Å². The molecule has 1 aromatic heterocycles. The minimum Gasteiger partial charge on any atom is -0.397 e. The van der Waals surface area contributed by atoms with Crippen LogP contribution in [0, 0.1) is 0 Å². The van der Waals surface area contributed by atoms with Gasteiger partial charge in [-0.05, 0) is 23.8 Å². The highest BCUT2D eigenvalue weighted by molar-refractivity contribution is 6.33. The van der Waals surface area contributed by atoms with Crippen molar-refractivity contribution >= 4 is 17.3 Å². The number of hydrogen-bond acceptors (Lipinski definition) is 2. The highest BCUT2D eigenvalue weighted by atomic mass is 35.5. The summed E-state index contributed by atoms with van der Waals surface area (Å²) in [6.07, 6.45) is 2.49. The maximum absolute atomic E-state index is 5.93. The summed E-state index contributed by atoms with van der Waals surface area (Å²) in [5.74, 6) is 0. The molecule has 0 atom stereocenters. The first-order chi connectivity index (χ1) is 7.27. The first kappa shape index (κ1) is 9.99. The van der Waals surface area contributed by atoms with Crippen molar-refractivity contribution in [2.24, 2.45) is 0 Å². The zero-order valence-electron chi connectivity index (χ0n) is 8.15. The summed E-state index contributed by atoms with van der Waals surface area (Å²) in [6.45, 7) is 0. The van der Waals surface area contributed by atoms with Crippen LogP contribution in [-0.4, -0.2) is 4.98 Å². The van der Waals surface area contributed by atoms with Crippen LogP contribution < -0.4 is 5.73 Å². The molecule has 1 aromatic carbocycles. The molecule has 0 fully saturated rings. The SMILES string of the molecule is Nc1c(Cl)cccc1Cc1ccccn1. The molecule has 0 saturated carbocycles. The molecular formula is C12H11ClN2. The highest BCUT2D eigenvalue weighted by Gasteiger charge is 2.04. The van der Waals surface area contributed by atoms with E-state index in [0.29, 0.717) is 17.1 Å². The lowest BCUT2D eigenvalue weighted by Crippen LogP contribution is -1.97. The van der Waals surface area contributed by atoms with E-state index in [4.69, 9.17) is 17.3 Å². The van der Waals surface area contributed by atoms with Gasteiger partial charge in [-0.1, -0.05) is 29.8 Å². The number of anilines is 1. The fourth-order valence-electron chi connectivity index (χ4n) is 1.43.